The van der Waals surface area contributed by atoms with Crippen molar-refractivity contribution in [2.45, 2.75) is 13.8 Å². The highest BCUT2D eigenvalue weighted by Crippen LogP contribution is 1.98. The average molecular weight is 164 g/mol. The van der Waals surface area contributed by atoms with Crippen molar-refractivity contribution in [1.82, 2.24) is 19.8 Å². The molecule has 0 aliphatic rings. The lowest BCUT2D eigenvalue weighted by atomic mass is 10.3. The zero-order valence-corrected chi connectivity index (χ0v) is 6.83. The molecule has 0 bridgehead atoms. The van der Waals surface area contributed by atoms with Crippen LogP contribution >= 0.6 is 0 Å². The molecule has 12 heavy (non-hydrogen) atoms. The summed E-state index contributed by atoms with van der Waals surface area (Å²) in [6, 6.07) is 0. The van der Waals surface area contributed by atoms with Crippen LogP contribution in [0.5, 0.6) is 0 Å². The molecule has 5 heteroatoms. The van der Waals surface area contributed by atoms with Crippen molar-refractivity contribution in [3.05, 3.63) is 27.8 Å². The van der Waals surface area contributed by atoms with Crippen LogP contribution in [-0.2, 0) is 0 Å². The van der Waals surface area contributed by atoms with Crippen molar-refractivity contribution in [3.63, 3.8) is 0 Å². The highest BCUT2D eigenvalue weighted by Gasteiger charge is 2.04. The largest absolute Gasteiger partial charge is 0.342 e. The molecule has 0 spiro atoms. The lowest BCUT2D eigenvalue weighted by molar-refractivity contribution is 0.807. The van der Waals surface area contributed by atoms with Crippen molar-refractivity contribution in [2.75, 3.05) is 0 Å². The predicted molar refractivity (Wildman–Crippen MR) is 43.1 cm³/mol. The molecule has 0 aromatic carbocycles. The normalized spacial score (nSPS) is 10.8. The molecule has 0 aliphatic heterocycles. The Morgan fingerprint density at radius 1 is 1.50 bits per heavy atom. The molecule has 2 aromatic rings. The second kappa shape index (κ2) is 2.17. The minimum Gasteiger partial charge on any atom is -0.342 e. The van der Waals surface area contributed by atoms with E-state index in [1.165, 1.54) is 10.7 Å². The number of nitrogens with zero attached hydrogens (tertiary/aromatic N) is 3. The van der Waals surface area contributed by atoms with Crippen LogP contribution in [-0.4, -0.2) is 19.8 Å². The van der Waals surface area contributed by atoms with Crippen molar-refractivity contribution in [2.24, 2.45) is 0 Å². The maximum Gasteiger partial charge on any atom is 0.278 e. The Bertz CT molecular complexity index is 482. The molecule has 0 fully saturated rings. The summed E-state index contributed by atoms with van der Waals surface area (Å²) in [4.78, 5) is 14.5. The third kappa shape index (κ3) is 0.761. The number of hydrogen-bond acceptors (Lipinski definition) is 3. The summed E-state index contributed by atoms with van der Waals surface area (Å²) in [6.45, 7) is 3.61. The van der Waals surface area contributed by atoms with E-state index in [1.54, 1.807) is 6.92 Å². The smallest absolute Gasteiger partial charge is 0.278 e. The lowest BCUT2D eigenvalue weighted by Gasteiger charge is -1.98. The van der Waals surface area contributed by atoms with E-state index < -0.39 is 0 Å². The van der Waals surface area contributed by atoms with Gasteiger partial charge in [-0.05, 0) is 13.8 Å². The molecule has 62 valence electrons. The van der Waals surface area contributed by atoms with Gasteiger partial charge in [-0.15, -0.1) is 5.10 Å². The van der Waals surface area contributed by atoms with Gasteiger partial charge in [-0.1, -0.05) is 5.21 Å². The second-order valence-corrected chi connectivity index (χ2v) is 2.71. The Kier molecular flexibility index (Phi) is 1.27. The van der Waals surface area contributed by atoms with Gasteiger partial charge in [0.05, 0.1) is 6.20 Å². The maximum atomic E-state index is 11.5. The zero-order valence-electron chi connectivity index (χ0n) is 6.83. The molecule has 1 N–H and O–H groups in total. The lowest BCUT2D eigenvalue weighted by Crippen LogP contribution is -2.19. The van der Waals surface area contributed by atoms with Crippen LogP contribution in [0.2, 0.25) is 0 Å². The van der Waals surface area contributed by atoms with Gasteiger partial charge in [-0.25, -0.2) is 0 Å². The van der Waals surface area contributed by atoms with Gasteiger partial charge in [0.15, 0.2) is 5.65 Å². The minimum atomic E-state index is -0.112. The first kappa shape index (κ1) is 7.02. The molecular formula is C7H8N4O. The van der Waals surface area contributed by atoms with E-state index in [4.69, 9.17) is 0 Å². The van der Waals surface area contributed by atoms with E-state index in [0.29, 0.717) is 11.2 Å². The van der Waals surface area contributed by atoms with Crippen LogP contribution in [0.1, 0.15) is 11.3 Å². The molecule has 5 nitrogen and oxygen atoms in total. The van der Waals surface area contributed by atoms with Crippen LogP contribution in [0.3, 0.4) is 0 Å². The molecule has 0 amide bonds. The second-order valence-electron chi connectivity index (χ2n) is 2.71. The van der Waals surface area contributed by atoms with Gasteiger partial charge in [0.2, 0.25) is 0 Å². The summed E-state index contributed by atoms with van der Waals surface area (Å²) in [5, 5.41) is 7.27. The van der Waals surface area contributed by atoms with Gasteiger partial charge in [-0.2, -0.15) is 4.52 Å². The molecule has 0 saturated heterocycles. The number of H-pyrrole nitrogens is 1. The van der Waals surface area contributed by atoms with Gasteiger partial charge in [-0.3, -0.25) is 4.79 Å². The van der Waals surface area contributed by atoms with E-state index in [1.807, 2.05) is 6.92 Å². The summed E-state index contributed by atoms with van der Waals surface area (Å²) >= 11 is 0. The van der Waals surface area contributed by atoms with E-state index in [-0.39, 0.29) is 5.56 Å². The highest BCUT2D eigenvalue weighted by molar-refractivity contribution is 5.35. The fraction of sp³-hybridized carbons (Fsp3) is 0.286. The fourth-order valence-electron chi connectivity index (χ4n) is 1.08. The molecule has 0 atom stereocenters. The number of nitrogens with one attached hydrogen (secondary N) is 1. The molecule has 2 heterocycles. The van der Waals surface area contributed by atoms with E-state index in [2.05, 4.69) is 15.3 Å². The number of hydrogen-bond donors (Lipinski definition) is 1. The van der Waals surface area contributed by atoms with Crippen LogP contribution in [0.4, 0.5) is 0 Å². The molecule has 0 unspecified atom stereocenters. The number of fused-ring (bicyclic) bond motifs is 1. The summed E-state index contributed by atoms with van der Waals surface area (Å²) < 4.78 is 1.25. The van der Waals surface area contributed by atoms with Crippen LogP contribution < -0.4 is 5.56 Å². The van der Waals surface area contributed by atoms with Gasteiger partial charge in [0.1, 0.15) is 0 Å². The Morgan fingerprint density at radius 3 is 3.00 bits per heavy atom. The van der Waals surface area contributed by atoms with Gasteiger partial charge in [0, 0.05) is 11.3 Å². The average Bonchev–Trinajstić information content (AvgIpc) is 2.48. The minimum absolute atomic E-state index is 0.112. The highest BCUT2D eigenvalue weighted by atomic mass is 16.1. The van der Waals surface area contributed by atoms with E-state index >= 15 is 0 Å². The third-order valence-electron chi connectivity index (χ3n) is 1.94. The first-order valence-electron chi connectivity index (χ1n) is 3.60. The van der Waals surface area contributed by atoms with Crippen molar-refractivity contribution in [3.8, 4) is 0 Å². The summed E-state index contributed by atoms with van der Waals surface area (Å²) in [7, 11) is 0. The zero-order chi connectivity index (χ0) is 8.72. The van der Waals surface area contributed by atoms with Gasteiger partial charge in [0.25, 0.3) is 5.56 Å². The van der Waals surface area contributed by atoms with Crippen LogP contribution in [0.25, 0.3) is 5.65 Å². The standard InChI is InChI=1S/C7H8N4O/c1-4-5(2)9-6-3-8-10-11(6)7(4)12/h3,9H,1-2H3. The fourth-order valence-corrected chi connectivity index (χ4v) is 1.08. The monoisotopic (exact) mass is 164 g/mol. The summed E-state index contributed by atoms with van der Waals surface area (Å²) in [6.07, 6.45) is 1.52. The van der Waals surface area contributed by atoms with Gasteiger partial charge < -0.3 is 4.98 Å². The number of aromatic amines is 1. The summed E-state index contributed by atoms with van der Waals surface area (Å²) in [5.74, 6) is 0. The van der Waals surface area contributed by atoms with Crippen LogP contribution in [0.15, 0.2) is 11.0 Å². The third-order valence-corrected chi connectivity index (χ3v) is 1.94. The topological polar surface area (TPSA) is 63.1 Å². The first-order chi connectivity index (χ1) is 5.70. The molecule has 0 aliphatic carbocycles. The molecule has 0 radical (unpaired) electrons. The Hall–Kier alpha value is -1.65. The van der Waals surface area contributed by atoms with Gasteiger partial charge >= 0.3 is 0 Å². The summed E-state index contributed by atoms with van der Waals surface area (Å²) in [5.41, 5.74) is 2.05. The Morgan fingerprint density at radius 2 is 2.25 bits per heavy atom. The SMILES string of the molecule is Cc1[nH]c2cnnn2c(=O)c1C. The Balaban J connectivity index is 3.05. The Labute approximate surface area is 68.0 Å². The molecule has 2 rings (SSSR count). The van der Waals surface area contributed by atoms with Crippen molar-refractivity contribution in [1.29, 1.82) is 0 Å². The van der Waals surface area contributed by atoms with E-state index in [9.17, 15) is 4.79 Å². The number of aromatic nitrogens is 4. The molecule has 2 aromatic heterocycles. The van der Waals surface area contributed by atoms with Crippen molar-refractivity contribution < 1.29 is 0 Å². The quantitative estimate of drug-likeness (QED) is 0.597. The first-order valence-corrected chi connectivity index (χ1v) is 3.60. The van der Waals surface area contributed by atoms with E-state index in [0.717, 1.165) is 5.69 Å². The predicted octanol–water partition coefficient (Wildman–Crippen LogP) is 0.0344. The molecule has 0 saturated carbocycles. The number of rotatable bonds is 0. The maximum absolute atomic E-state index is 11.5. The van der Waals surface area contributed by atoms with Crippen molar-refractivity contribution >= 4 is 5.65 Å². The molecular weight excluding hydrogens is 156 g/mol. The number of aryl methyl sites for hydroxylation is 1. The van der Waals surface area contributed by atoms with Crippen LogP contribution in [0, 0.1) is 13.8 Å².